The van der Waals surface area contributed by atoms with E-state index in [2.05, 4.69) is 29.0 Å². The van der Waals surface area contributed by atoms with E-state index in [9.17, 15) is 0 Å². The molecule has 0 amide bonds. The molecule has 0 aromatic rings. The van der Waals surface area contributed by atoms with Gasteiger partial charge in [-0.3, -0.25) is 4.90 Å². The quantitative estimate of drug-likeness (QED) is 0.446. The average molecular weight is 188 g/mol. The van der Waals surface area contributed by atoms with E-state index >= 15 is 0 Å². The van der Waals surface area contributed by atoms with E-state index in [1.165, 1.54) is 0 Å². The number of nitrogens with zero attached hydrogens (tertiary/aromatic N) is 1. The van der Waals surface area contributed by atoms with Crippen LogP contribution in [0.1, 0.15) is 13.8 Å². The zero-order valence-corrected chi connectivity index (χ0v) is 9.39. The standard InChI is InChI=1S/C8H18NO2Si/c1-5-9(6-2)7-8(12,10-3)11-4/h5-7H2,1-4H3. The highest BCUT2D eigenvalue weighted by molar-refractivity contribution is 6.13. The molecule has 0 rings (SSSR count). The molecule has 0 aliphatic rings. The average Bonchev–Trinajstić information content (AvgIpc) is 2.14. The fraction of sp³-hybridized carbons (Fsp3) is 1.00. The molecule has 0 saturated carbocycles. The van der Waals surface area contributed by atoms with Gasteiger partial charge in [-0.1, -0.05) is 13.8 Å². The van der Waals surface area contributed by atoms with Crippen LogP contribution >= 0.6 is 0 Å². The van der Waals surface area contributed by atoms with Gasteiger partial charge in [-0.2, -0.15) is 0 Å². The smallest absolute Gasteiger partial charge is 0.155 e. The minimum Gasteiger partial charge on any atom is -0.357 e. The van der Waals surface area contributed by atoms with Crippen molar-refractivity contribution >= 4 is 10.2 Å². The highest BCUT2D eigenvalue weighted by atomic mass is 28.1. The Labute approximate surface area is 78.5 Å². The molecule has 3 nitrogen and oxygen atoms in total. The number of methoxy groups -OCH3 is 2. The van der Waals surface area contributed by atoms with Crippen LogP contribution < -0.4 is 0 Å². The molecule has 0 heterocycles. The molecular formula is C8H18NO2Si. The third kappa shape index (κ3) is 3.67. The molecular weight excluding hydrogens is 170 g/mol. The van der Waals surface area contributed by atoms with Crippen molar-refractivity contribution in [1.29, 1.82) is 0 Å². The van der Waals surface area contributed by atoms with Gasteiger partial charge in [-0.15, -0.1) is 0 Å². The second kappa shape index (κ2) is 5.69. The Morgan fingerprint density at radius 2 is 1.58 bits per heavy atom. The lowest BCUT2D eigenvalue weighted by atomic mass is 10.4. The van der Waals surface area contributed by atoms with Crippen LogP contribution in [0, 0.1) is 0 Å². The lowest BCUT2D eigenvalue weighted by Crippen LogP contribution is -2.46. The van der Waals surface area contributed by atoms with Crippen molar-refractivity contribution in [2.45, 2.75) is 19.3 Å². The largest absolute Gasteiger partial charge is 0.357 e. The molecule has 3 radical (unpaired) electrons. The first-order valence-corrected chi connectivity index (χ1v) is 4.69. The summed E-state index contributed by atoms with van der Waals surface area (Å²) in [7, 11) is 6.68. The maximum atomic E-state index is 5.17. The molecule has 71 valence electrons. The van der Waals surface area contributed by atoms with E-state index in [0.717, 1.165) is 19.6 Å². The summed E-state index contributed by atoms with van der Waals surface area (Å²) in [4.78, 5) is 2.22. The van der Waals surface area contributed by atoms with Gasteiger partial charge in [0.15, 0.2) is 5.41 Å². The van der Waals surface area contributed by atoms with Gasteiger partial charge in [0.2, 0.25) is 0 Å². The highest BCUT2D eigenvalue weighted by Crippen LogP contribution is 2.07. The molecule has 0 aliphatic carbocycles. The Morgan fingerprint density at radius 3 is 1.83 bits per heavy atom. The fourth-order valence-corrected chi connectivity index (χ4v) is 1.18. The van der Waals surface area contributed by atoms with Crippen LogP contribution in [0.5, 0.6) is 0 Å². The van der Waals surface area contributed by atoms with Gasteiger partial charge in [0.1, 0.15) is 10.2 Å². The molecule has 0 spiro atoms. The van der Waals surface area contributed by atoms with E-state index in [1.54, 1.807) is 14.2 Å². The van der Waals surface area contributed by atoms with Crippen molar-refractivity contribution in [1.82, 2.24) is 4.90 Å². The second-order valence-electron chi connectivity index (χ2n) is 2.62. The van der Waals surface area contributed by atoms with Gasteiger partial charge >= 0.3 is 0 Å². The summed E-state index contributed by atoms with van der Waals surface area (Å²) in [6, 6.07) is 0. The molecule has 4 heteroatoms. The number of likely N-dealkylation sites (N-methyl/N-ethyl adjacent to an activating group) is 1. The summed E-state index contributed by atoms with van der Waals surface area (Å²) in [5.74, 6) is 0. The summed E-state index contributed by atoms with van der Waals surface area (Å²) < 4.78 is 10.3. The van der Waals surface area contributed by atoms with Crippen LogP contribution in [0.4, 0.5) is 0 Å². The zero-order chi connectivity index (χ0) is 9.61. The molecule has 0 unspecified atom stereocenters. The lowest BCUT2D eigenvalue weighted by Gasteiger charge is -2.32. The van der Waals surface area contributed by atoms with Crippen LogP contribution in [0.25, 0.3) is 0 Å². The fourth-order valence-electron chi connectivity index (χ4n) is 0.954. The zero-order valence-electron chi connectivity index (χ0n) is 8.39. The van der Waals surface area contributed by atoms with Crippen molar-refractivity contribution in [3.63, 3.8) is 0 Å². The topological polar surface area (TPSA) is 21.7 Å². The molecule has 0 N–H and O–H groups in total. The third-order valence-electron chi connectivity index (χ3n) is 1.99. The van der Waals surface area contributed by atoms with Gasteiger partial charge in [-0.05, 0) is 13.1 Å². The molecule has 0 aromatic carbocycles. The van der Waals surface area contributed by atoms with Crippen molar-refractivity contribution < 1.29 is 9.47 Å². The number of hydrogen-bond acceptors (Lipinski definition) is 3. The predicted molar refractivity (Wildman–Crippen MR) is 50.3 cm³/mol. The first kappa shape index (κ1) is 12.1. The van der Waals surface area contributed by atoms with Gasteiger partial charge in [0.05, 0.1) is 0 Å². The van der Waals surface area contributed by atoms with Gasteiger partial charge in [0, 0.05) is 20.8 Å². The van der Waals surface area contributed by atoms with Crippen LogP contribution in [-0.2, 0) is 9.47 Å². The van der Waals surface area contributed by atoms with Crippen molar-refractivity contribution in [2.75, 3.05) is 33.9 Å². The molecule has 0 aromatic heterocycles. The van der Waals surface area contributed by atoms with E-state index in [-0.39, 0.29) is 0 Å². The summed E-state index contributed by atoms with van der Waals surface area (Å²) in [5, 5.41) is 0. The molecule has 0 atom stereocenters. The minimum atomic E-state index is -0.661. The van der Waals surface area contributed by atoms with E-state index < -0.39 is 5.41 Å². The normalized spacial score (nSPS) is 12.5. The predicted octanol–water partition coefficient (Wildman–Crippen LogP) is 0.443. The summed E-state index contributed by atoms with van der Waals surface area (Å²) in [6.07, 6.45) is 0. The second-order valence-corrected chi connectivity index (χ2v) is 3.38. The van der Waals surface area contributed by atoms with Crippen molar-refractivity contribution in [3.8, 4) is 0 Å². The monoisotopic (exact) mass is 188 g/mol. The summed E-state index contributed by atoms with van der Waals surface area (Å²) in [6.45, 7) is 6.94. The Morgan fingerprint density at radius 1 is 1.17 bits per heavy atom. The number of ether oxygens (including phenoxy) is 2. The first-order valence-electron chi connectivity index (χ1n) is 4.19. The SMILES string of the molecule is CCN(CC)CC([Si])(OC)OC. The van der Waals surface area contributed by atoms with Crippen molar-refractivity contribution in [3.05, 3.63) is 0 Å². The number of rotatable bonds is 6. The Hall–Kier alpha value is 0.0969. The first-order chi connectivity index (χ1) is 5.61. The van der Waals surface area contributed by atoms with E-state index in [0.29, 0.717) is 0 Å². The third-order valence-corrected chi connectivity index (χ3v) is 2.55. The Balaban J connectivity index is 3.99. The van der Waals surface area contributed by atoms with Crippen LogP contribution in [0.15, 0.2) is 0 Å². The maximum absolute atomic E-state index is 5.17. The number of hydrogen-bond donors (Lipinski definition) is 0. The molecule has 0 aliphatic heterocycles. The summed E-state index contributed by atoms with van der Waals surface area (Å²) >= 11 is 0. The van der Waals surface area contributed by atoms with Crippen LogP contribution in [0.2, 0.25) is 0 Å². The Kier molecular flexibility index (Phi) is 5.74. The van der Waals surface area contributed by atoms with Crippen molar-refractivity contribution in [2.24, 2.45) is 0 Å². The maximum Gasteiger partial charge on any atom is 0.155 e. The lowest BCUT2D eigenvalue weighted by molar-refractivity contribution is -0.153. The van der Waals surface area contributed by atoms with Gasteiger partial charge in [-0.25, -0.2) is 0 Å². The Bertz CT molecular complexity index is 114. The van der Waals surface area contributed by atoms with Crippen LogP contribution in [-0.4, -0.2) is 54.4 Å². The van der Waals surface area contributed by atoms with Gasteiger partial charge < -0.3 is 9.47 Å². The minimum absolute atomic E-state index is 0.661. The molecule has 0 bridgehead atoms. The highest BCUT2D eigenvalue weighted by Gasteiger charge is 2.24. The molecule has 0 saturated heterocycles. The van der Waals surface area contributed by atoms with Crippen LogP contribution in [0.3, 0.4) is 0 Å². The van der Waals surface area contributed by atoms with Gasteiger partial charge in [0.25, 0.3) is 0 Å². The molecule has 0 fully saturated rings. The molecule has 12 heavy (non-hydrogen) atoms. The summed E-state index contributed by atoms with van der Waals surface area (Å²) in [5.41, 5.74) is -0.661. The van der Waals surface area contributed by atoms with E-state index in [1.807, 2.05) is 0 Å². The van der Waals surface area contributed by atoms with E-state index in [4.69, 9.17) is 9.47 Å².